The number of alkyl halides is 6. The van der Waals surface area contributed by atoms with Gasteiger partial charge in [-0.15, -0.1) is 0 Å². The number of fused-ring (bicyclic) bond motifs is 1. The molecule has 0 aromatic rings. The maximum Gasteiger partial charge on any atom is 0.438 e. The summed E-state index contributed by atoms with van der Waals surface area (Å²) in [6.07, 6.45) is -2.61. The van der Waals surface area contributed by atoms with Crippen LogP contribution < -0.4 is 0 Å². The molecule has 3 aliphatic carbocycles. The third kappa shape index (κ3) is 13.3. The van der Waals surface area contributed by atoms with Gasteiger partial charge < -0.3 is 18.4 Å². The van der Waals surface area contributed by atoms with Crippen LogP contribution in [0.5, 0.6) is 0 Å². The third-order valence-corrected chi connectivity index (χ3v) is 24.2. The Labute approximate surface area is 366 Å². The van der Waals surface area contributed by atoms with Crippen molar-refractivity contribution in [3.05, 3.63) is 23.3 Å². The zero-order valence-electron chi connectivity index (χ0n) is 44.5. The number of halogens is 6. The van der Waals surface area contributed by atoms with E-state index in [1.807, 2.05) is 0 Å². The minimum atomic E-state index is -6.12. The summed E-state index contributed by atoms with van der Waals surface area (Å²) in [5.41, 5.74) is -5.75. The molecule has 3 fully saturated rings. The molecule has 3 aliphatic rings. The molecule has 0 aromatic carbocycles. The molecular weight excluding hydrogens is 815 g/mol. The minimum Gasteiger partial charge on any atom is -0.414 e. The van der Waals surface area contributed by atoms with E-state index in [0.29, 0.717) is 6.42 Å². The molecule has 0 aromatic heterocycles. The largest absolute Gasteiger partial charge is 0.438 e. The monoisotopic (exact) mass is 901 g/mol. The van der Waals surface area contributed by atoms with Gasteiger partial charge in [-0.1, -0.05) is 84.1 Å². The van der Waals surface area contributed by atoms with Crippen LogP contribution in [0.3, 0.4) is 0 Å². The Morgan fingerprint density at radius 2 is 1.37 bits per heavy atom. The van der Waals surface area contributed by atoms with Gasteiger partial charge >= 0.3 is 18.0 Å². The van der Waals surface area contributed by atoms with Gasteiger partial charge in [0, 0.05) is 14.6 Å². The van der Waals surface area contributed by atoms with E-state index in [0.717, 1.165) is 50.9 Å². The van der Waals surface area contributed by atoms with Crippen LogP contribution in [-0.4, -0.2) is 65.8 Å². The number of hydrogen-bond acceptors (Lipinski definition) is 4. The molecule has 3 rings (SSSR count). The third-order valence-electron chi connectivity index (χ3n) is 14.2. The highest BCUT2D eigenvalue weighted by Gasteiger charge is 2.70. The van der Waals surface area contributed by atoms with Gasteiger partial charge in [0.25, 0.3) is 0 Å². The Kier molecular flexibility index (Phi) is 13.5. The van der Waals surface area contributed by atoms with Crippen LogP contribution in [-0.2, 0) is 13.3 Å². The number of aliphatic hydroxyl groups is 1. The van der Waals surface area contributed by atoms with Gasteiger partial charge in [-0.25, -0.2) is 0 Å². The molecule has 0 radical (unpaired) electrons. The van der Waals surface area contributed by atoms with Gasteiger partial charge in [-0.2, -0.15) is 26.3 Å². The first-order chi connectivity index (χ1) is 28.8. The van der Waals surface area contributed by atoms with E-state index < -0.39 is 86.4 Å². The van der Waals surface area contributed by atoms with E-state index in [-0.39, 0.29) is 47.0 Å². The second-order valence-electron chi connectivity index (χ2n) is 22.2. The van der Waals surface area contributed by atoms with Crippen molar-refractivity contribution in [2.24, 2.45) is 23.2 Å². The van der Waals surface area contributed by atoms with Gasteiger partial charge in [-0.3, -0.25) is 0 Å². The van der Waals surface area contributed by atoms with E-state index in [1.54, 1.807) is 19.6 Å². The molecule has 0 amide bonds. The highest BCUT2D eigenvalue weighted by molar-refractivity contribution is 6.74. The van der Waals surface area contributed by atoms with E-state index in [9.17, 15) is 31.4 Å². The van der Waals surface area contributed by atoms with Crippen LogP contribution in [0.4, 0.5) is 26.3 Å². The summed E-state index contributed by atoms with van der Waals surface area (Å²) in [6.45, 7) is 23.5. The average Bonchev–Trinajstić information content (AvgIpc) is 3.42. The predicted octanol–water partition coefficient (Wildman–Crippen LogP) is 14.7. The van der Waals surface area contributed by atoms with E-state index in [2.05, 4.69) is 92.7 Å². The molecule has 13 heteroatoms. The Morgan fingerprint density at radius 1 is 0.847 bits per heavy atom. The molecule has 1 N–H and O–H groups in total. The topological polar surface area (TPSA) is 47.9 Å². The molecule has 0 heterocycles. The first kappa shape index (κ1) is 43.4. The number of allylic oxidation sites excluding steroid dienone is 3. The molecule has 4 nitrogen and oxygen atoms in total. The molecule has 6 atom stereocenters. The average molecular weight is 901 g/mol. The fourth-order valence-electron chi connectivity index (χ4n) is 9.15. The highest BCUT2D eigenvalue weighted by Crippen LogP contribution is 2.60. The van der Waals surface area contributed by atoms with Crippen LogP contribution in [0.25, 0.3) is 0 Å². The molecule has 0 aliphatic heterocycles. The molecule has 0 saturated heterocycles. The SMILES string of the molecule is [2H]C([2H])([2H])C(CCC[C@@H](CC#CC(O)(C(F)(F)F)C(F)(F)F)[C@H]1CC[C@H]2/C(=C/C=C3C[C@@H](O[Si](C)(C)C(C)(C)C)C[C@H](O[Si](C)(C)C(C)(C)C)C3)CCC[C@]12C)(O[Si](C)(C)C)C([2H])([2H])[2H]. The summed E-state index contributed by atoms with van der Waals surface area (Å²) in [5, 5.41) is 9.95. The van der Waals surface area contributed by atoms with Crippen molar-refractivity contribution >= 4 is 25.0 Å². The molecule has 0 unspecified atom stereocenters. The standard InChI is InChI=1S/C46H80F6O4Si3/c1-40(2,3)58(13,14)54-36-30-33(31-37(32-36)55-59(15,16)41(4,5)6)23-24-35-21-18-28-43(9)38(25-26-39(35)43)34(20-17-27-42(7,8)56-57(10,11)12)22-19-29-44(53,45(47,48)49)46(50,51)52/h23-24,34,36-39,53H,17-18,20-22,25-28,30-32H2,1-16H3/b35-24+/t34-,36+,37+,38+,39-,43+/m0/s1/i7D3,8D3. The molecule has 0 bridgehead atoms. The maximum atomic E-state index is 13.7. The van der Waals surface area contributed by atoms with Crippen molar-refractivity contribution in [1.29, 1.82) is 0 Å². The van der Waals surface area contributed by atoms with Crippen LogP contribution >= 0.6 is 0 Å². The highest BCUT2D eigenvalue weighted by atomic mass is 28.4. The molecule has 342 valence electrons. The van der Waals surface area contributed by atoms with Gasteiger partial charge in [0.2, 0.25) is 0 Å². The van der Waals surface area contributed by atoms with Crippen LogP contribution in [0.2, 0.25) is 55.9 Å². The molecular formula is C46H80F6O4Si3. The number of rotatable bonds is 13. The quantitative estimate of drug-likeness (QED) is 0.114. The molecule has 3 saturated carbocycles. The molecule has 0 spiro atoms. The maximum absolute atomic E-state index is 13.7. The fourth-order valence-corrected chi connectivity index (χ4v) is 13.0. The minimum absolute atomic E-state index is 0.00346. The Bertz CT molecular complexity index is 1700. The van der Waals surface area contributed by atoms with Crippen molar-refractivity contribution in [3.8, 4) is 11.8 Å². The second-order valence-corrected chi connectivity index (χ2v) is 36.2. The lowest BCUT2D eigenvalue weighted by Crippen LogP contribution is -2.55. The molecule has 59 heavy (non-hydrogen) atoms. The lowest BCUT2D eigenvalue weighted by atomic mass is 9.60. The van der Waals surface area contributed by atoms with Gasteiger partial charge in [0.05, 0.1) is 17.8 Å². The van der Waals surface area contributed by atoms with Gasteiger partial charge in [0.1, 0.15) is 0 Å². The zero-order chi connectivity index (χ0) is 50.5. The predicted molar refractivity (Wildman–Crippen MR) is 238 cm³/mol. The van der Waals surface area contributed by atoms with Crippen molar-refractivity contribution in [1.82, 2.24) is 0 Å². The zero-order valence-corrected chi connectivity index (χ0v) is 41.5. The van der Waals surface area contributed by atoms with Crippen LogP contribution in [0.15, 0.2) is 23.3 Å². The number of hydrogen-bond donors (Lipinski definition) is 1. The van der Waals surface area contributed by atoms with Gasteiger partial charge in [-0.05, 0) is 163 Å². The van der Waals surface area contributed by atoms with Crippen molar-refractivity contribution in [3.63, 3.8) is 0 Å². The smallest absolute Gasteiger partial charge is 0.414 e. The van der Waals surface area contributed by atoms with Crippen molar-refractivity contribution < 1.29 is 53.0 Å². The first-order valence-corrected chi connectivity index (χ1v) is 30.9. The lowest BCUT2D eigenvalue weighted by Gasteiger charge is -2.45. The van der Waals surface area contributed by atoms with E-state index >= 15 is 0 Å². The van der Waals surface area contributed by atoms with E-state index in [1.165, 1.54) is 11.1 Å². The summed E-state index contributed by atoms with van der Waals surface area (Å²) < 4.78 is 152. The summed E-state index contributed by atoms with van der Waals surface area (Å²) in [4.78, 5) is 0. The summed E-state index contributed by atoms with van der Waals surface area (Å²) in [7, 11) is -7.05. The second kappa shape index (κ2) is 18.3. The van der Waals surface area contributed by atoms with Gasteiger partial charge in [0.15, 0.2) is 25.0 Å². The Morgan fingerprint density at radius 3 is 1.83 bits per heavy atom. The fraction of sp³-hybridized carbons (Fsp3) is 0.870. The summed E-state index contributed by atoms with van der Waals surface area (Å²) >= 11 is 0. The normalized spacial score (nSPS) is 29.0. The van der Waals surface area contributed by atoms with Crippen LogP contribution in [0.1, 0.15) is 147 Å². The van der Waals surface area contributed by atoms with Crippen molar-refractivity contribution in [2.45, 2.75) is 231 Å². The Balaban J connectivity index is 2.07. The van der Waals surface area contributed by atoms with Crippen molar-refractivity contribution in [2.75, 3.05) is 0 Å². The van der Waals surface area contributed by atoms with Crippen LogP contribution in [0, 0.1) is 35.0 Å². The lowest BCUT2D eigenvalue weighted by molar-refractivity contribution is -0.343. The summed E-state index contributed by atoms with van der Waals surface area (Å²) in [6, 6.07) is 0. The first-order valence-electron chi connectivity index (χ1n) is 24.6. The van der Waals surface area contributed by atoms with E-state index in [4.69, 9.17) is 21.5 Å². The summed E-state index contributed by atoms with van der Waals surface area (Å²) in [5.74, 6) is 2.38. The Hall–Kier alpha value is -0.889.